The van der Waals surface area contributed by atoms with Gasteiger partial charge in [-0.2, -0.15) is 0 Å². The lowest BCUT2D eigenvalue weighted by molar-refractivity contribution is -0.124. The second-order valence-electron chi connectivity index (χ2n) is 8.01. The molecule has 1 heterocycles. The van der Waals surface area contributed by atoms with Gasteiger partial charge in [0.25, 0.3) is 5.91 Å². The van der Waals surface area contributed by atoms with Crippen molar-refractivity contribution in [1.82, 2.24) is 10.6 Å². The smallest absolute Gasteiger partial charge is 0.322 e. The average molecular weight is 399 g/mol. The molecule has 1 aliphatic heterocycles. The fraction of sp³-hybridized carbons (Fsp3) is 0.208. The van der Waals surface area contributed by atoms with E-state index in [2.05, 4.69) is 16.0 Å². The predicted molar refractivity (Wildman–Crippen MR) is 114 cm³/mol. The van der Waals surface area contributed by atoms with E-state index in [4.69, 9.17) is 0 Å². The Morgan fingerprint density at radius 1 is 1.00 bits per heavy atom. The highest BCUT2D eigenvalue weighted by atomic mass is 16.2. The van der Waals surface area contributed by atoms with Crippen LogP contribution in [-0.2, 0) is 28.9 Å². The lowest BCUT2D eigenvalue weighted by Crippen LogP contribution is -2.51. The number of carbonyl (C=O) groups is 3. The van der Waals surface area contributed by atoms with Crippen LogP contribution in [-0.4, -0.2) is 23.4 Å². The topological polar surface area (TPSA) is 87.3 Å². The van der Waals surface area contributed by atoms with Gasteiger partial charge in [-0.05, 0) is 52.4 Å². The molecule has 0 bridgehead atoms. The Labute approximate surface area is 173 Å². The zero-order chi connectivity index (χ0) is 20.7. The molecule has 30 heavy (non-hydrogen) atoms. The van der Waals surface area contributed by atoms with E-state index in [0.29, 0.717) is 25.7 Å². The molecule has 0 saturated carbocycles. The number of fused-ring (bicyclic) bond motifs is 2. The minimum Gasteiger partial charge on any atom is -0.326 e. The van der Waals surface area contributed by atoms with Crippen LogP contribution in [0.4, 0.5) is 10.5 Å². The quantitative estimate of drug-likeness (QED) is 0.592. The van der Waals surface area contributed by atoms with Gasteiger partial charge in [-0.3, -0.25) is 14.9 Å². The lowest BCUT2D eigenvalue weighted by Gasteiger charge is -2.32. The van der Waals surface area contributed by atoms with E-state index >= 15 is 0 Å². The van der Waals surface area contributed by atoms with Gasteiger partial charge < -0.3 is 10.6 Å². The number of urea groups is 1. The molecule has 2 aliphatic rings. The van der Waals surface area contributed by atoms with Gasteiger partial charge in [-0.25, -0.2) is 4.79 Å². The van der Waals surface area contributed by atoms with E-state index in [0.717, 1.165) is 33.2 Å². The Kier molecular flexibility index (Phi) is 4.28. The zero-order valence-electron chi connectivity index (χ0n) is 16.3. The fourth-order valence-electron chi connectivity index (χ4n) is 4.52. The van der Waals surface area contributed by atoms with Gasteiger partial charge in [0, 0.05) is 12.1 Å². The van der Waals surface area contributed by atoms with Gasteiger partial charge in [0.15, 0.2) is 0 Å². The number of rotatable bonds is 3. The predicted octanol–water partition coefficient (Wildman–Crippen LogP) is 3.09. The summed E-state index contributed by atoms with van der Waals surface area (Å²) in [5.74, 6) is -0.327. The van der Waals surface area contributed by atoms with Crippen LogP contribution < -0.4 is 16.0 Å². The summed E-state index contributed by atoms with van der Waals surface area (Å²) in [5.41, 5.74) is 3.01. The third-order valence-corrected chi connectivity index (χ3v) is 6.05. The molecule has 4 amide bonds. The van der Waals surface area contributed by atoms with Gasteiger partial charge in [-0.15, -0.1) is 0 Å². The molecule has 1 saturated heterocycles. The monoisotopic (exact) mass is 399 g/mol. The molecule has 5 rings (SSSR count). The normalized spacial score (nSPS) is 20.0. The maximum absolute atomic E-state index is 12.7. The third kappa shape index (κ3) is 3.20. The van der Waals surface area contributed by atoms with Crippen LogP contribution in [0.1, 0.15) is 23.1 Å². The van der Waals surface area contributed by atoms with Crippen molar-refractivity contribution in [2.24, 2.45) is 0 Å². The van der Waals surface area contributed by atoms with Crippen LogP contribution in [0.25, 0.3) is 10.8 Å². The molecule has 150 valence electrons. The molecule has 6 nitrogen and oxygen atoms in total. The van der Waals surface area contributed by atoms with Crippen LogP contribution >= 0.6 is 0 Å². The number of nitrogens with one attached hydrogen (secondary N) is 3. The molecule has 3 aromatic carbocycles. The zero-order valence-corrected chi connectivity index (χ0v) is 16.3. The Morgan fingerprint density at radius 3 is 2.67 bits per heavy atom. The summed E-state index contributed by atoms with van der Waals surface area (Å²) in [6, 6.07) is 19.4. The minimum absolute atomic E-state index is 0.0685. The first-order valence-corrected chi connectivity index (χ1v) is 10.0. The van der Waals surface area contributed by atoms with E-state index in [9.17, 15) is 14.4 Å². The molecule has 3 aromatic rings. The SMILES string of the molecule is O=C(Cc1cccc2ccccc12)Nc1ccc2c(c1)CCC1(C2)NC(=O)NC1=O. The number of hydrogen-bond donors (Lipinski definition) is 3. The maximum Gasteiger partial charge on any atom is 0.322 e. The highest BCUT2D eigenvalue weighted by Gasteiger charge is 2.47. The molecular weight excluding hydrogens is 378 g/mol. The molecular formula is C24H21N3O3. The van der Waals surface area contributed by atoms with Gasteiger partial charge in [-0.1, -0.05) is 48.5 Å². The lowest BCUT2D eigenvalue weighted by atomic mass is 9.78. The number of imide groups is 1. The van der Waals surface area contributed by atoms with Gasteiger partial charge in [0.05, 0.1) is 6.42 Å². The number of aryl methyl sites for hydroxylation is 1. The van der Waals surface area contributed by atoms with Crippen molar-refractivity contribution in [3.05, 3.63) is 77.4 Å². The second-order valence-corrected chi connectivity index (χ2v) is 8.01. The van der Waals surface area contributed by atoms with Crippen LogP contribution in [0.3, 0.4) is 0 Å². The van der Waals surface area contributed by atoms with Crippen LogP contribution in [0, 0.1) is 0 Å². The highest BCUT2D eigenvalue weighted by Crippen LogP contribution is 2.32. The minimum atomic E-state index is -0.844. The molecule has 0 aromatic heterocycles. The molecule has 1 unspecified atom stereocenters. The summed E-state index contributed by atoms with van der Waals surface area (Å²) in [4.78, 5) is 36.4. The summed E-state index contributed by atoms with van der Waals surface area (Å²) in [5, 5.41) is 10.3. The molecule has 1 atom stereocenters. The second kappa shape index (κ2) is 6.99. The first kappa shape index (κ1) is 18.4. The van der Waals surface area contributed by atoms with Crippen molar-refractivity contribution in [3.8, 4) is 0 Å². The molecule has 1 spiro atoms. The van der Waals surface area contributed by atoms with E-state index in [1.165, 1.54) is 0 Å². The van der Waals surface area contributed by atoms with E-state index < -0.39 is 11.6 Å². The van der Waals surface area contributed by atoms with E-state index in [1.807, 2.05) is 60.7 Å². The molecule has 3 N–H and O–H groups in total. The fourth-order valence-corrected chi connectivity index (χ4v) is 4.52. The number of anilines is 1. The van der Waals surface area contributed by atoms with E-state index in [-0.39, 0.29) is 11.8 Å². The average Bonchev–Trinajstić information content (AvgIpc) is 3.00. The van der Waals surface area contributed by atoms with Crippen LogP contribution in [0.15, 0.2) is 60.7 Å². The highest BCUT2D eigenvalue weighted by molar-refractivity contribution is 6.07. The van der Waals surface area contributed by atoms with Crippen molar-refractivity contribution in [2.45, 2.75) is 31.2 Å². The Bertz CT molecular complexity index is 1200. The summed E-state index contributed by atoms with van der Waals surface area (Å²) in [6.07, 6.45) is 1.97. The van der Waals surface area contributed by atoms with Crippen molar-refractivity contribution in [1.29, 1.82) is 0 Å². The van der Waals surface area contributed by atoms with Crippen molar-refractivity contribution in [3.63, 3.8) is 0 Å². The number of benzene rings is 3. The third-order valence-electron chi connectivity index (χ3n) is 6.05. The van der Waals surface area contributed by atoms with Crippen molar-refractivity contribution < 1.29 is 14.4 Å². The largest absolute Gasteiger partial charge is 0.326 e. The first-order valence-electron chi connectivity index (χ1n) is 10.0. The summed E-state index contributed by atoms with van der Waals surface area (Å²) < 4.78 is 0. The van der Waals surface area contributed by atoms with Gasteiger partial charge in [0.1, 0.15) is 5.54 Å². The van der Waals surface area contributed by atoms with Crippen LogP contribution in [0.2, 0.25) is 0 Å². The van der Waals surface area contributed by atoms with Crippen LogP contribution in [0.5, 0.6) is 0 Å². The summed E-state index contributed by atoms with van der Waals surface area (Å²) in [7, 11) is 0. The standard InChI is InChI=1S/C24H21N3O3/c28-21(13-17-6-3-5-15-4-1-2-7-20(15)17)25-19-9-8-18-14-24(11-10-16(18)12-19)22(29)26-23(30)27-24/h1-9,12H,10-11,13-14H2,(H,25,28)(H2,26,27,29,30). The summed E-state index contributed by atoms with van der Waals surface area (Å²) in [6.45, 7) is 0. The Hall–Kier alpha value is -3.67. The molecule has 6 heteroatoms. The Balaban J connectivity index is 1.31. The molecule has 1 fully saturated rings. The number of amides is 4. The van der Waals surface area contributed by atoms with Crippen molar-refractivity contribution >= 4 is 34.3 Å². The number of hydrogen-bond acceptors (Lipinski definition) is 3. The first-order chi connectivity index (χ1) is 14.5. The van der Waals surface area contributed by atoms with E-state index in [1.54, 1.807) is 0 Å². The van der Waals surface area contributed by atoms with Crippen molar-refractivity contribution in [2.75, 3.05) is 5.32 Å². The number of carbonyl (C=O) groups excluding carboxylic acids is 3. The molecule has 1 aliphatic carbocycles. The summed E-state index contributed by atoms with van der Waals surface area (Å²) >= 11 is 0. The molecule has 0 radical (unpaired) electrons. The van der Waals surface area contributed by atoms with Gasteiger partial charge >= 0.3 is 6.03 Å². The van der Waals surface area contributed by atoms with Gasteiger partial charge in [0.2, 0.25) is 5.91 Å². The Morgan fingerprint density at radius 2 is 1.83 bits per heavy atom. The maximum atomic E-state index is 12.7.